The van der Waals surface area contributed by atoms with Crippen molar-refractivity contribution in [3.63, 3.8) is 0 Å². The van der Waals surface area contributed by atoms with E-state index in [0.29, 0.717) is 23.2 Å². The Morgan fingerprint density at radius 1 is 1.00 bits per heavy atom. The van der Waals surface area contributed by atoms with Crippen molar-refractivity contribution in [3.05, 3.63) is 71.0 Å². The molecule has 180 valence electrons. The summed E-state index contributed by atoms with van der Waals surface area (Å²) in [5.74, 6) is -1.86. The van der Waals surface area contributed by atoms with Gasteiger partial charge in [0.25, 0.3) is 11.8 Å². The minimum absolute atomic E-state index is 0.00837. The Kier molecular flexibility index (Phi) is 8.51. The highest BCUT2D eigenvalue weighted by Gasteiger charge is 2.35. The van der Waals surface area contributed by atoms with E-state index in [1.165, 1.54) is 11.0 Å². The molecule has 3 rings (SSSR count). The fourth-order valence-corrected chi connectivity index (χ4v) is 3.90. The molecule has 0 radical (unpaired) electrons. The molecule has 1 aliphatic heterocycles. The Morgan fingerprint density at radius 2 is 1.62 bits per heavy atom. The molecular weight excluding hydrogens is 437 g/mol. The van der Waals surface area contributed by atoms with Crippen LogP contribution in [0.4, 0.5) is 4.39 Å². The van der Waals surface area contributed by atoms with Crippen molar-refractivity contribution in [2.75, 3.05) is 13.1 Å². The Balaban J connectivity index is 1.66. The highest BCUT2D eigenvalue weighted by atomic mass is 19.1. The first kappa shape index (κ1) is 25.1. The van der Waals surface area contributed by atoms with Crippen LogP contribution in [-0.2, 0) is 16.1 Å². The second-order valence-electron chi connectivity index (χ2n) is 8.34. The highest BCUT2D eigenvalue weighted by molar-refractivity contribution is 6.21. The molecule has 1 aliphatic rings. The molecule has 34 heavy (non-hydrogen) atoms. The summed E-state index contributed by atoms with van der Waals surface area (Å²) < 4.78 is 14.3. The molecule has 0 saturated carbocycles. The van der Waals surface area contributed by atoms with Crippen LogP contribution in [0.1, 0.15) is 65.8 Å². The largest absolute Gasteiger partial charge is 0.354 e. The van der Waals surface area contributed by atoms with E-state index >= 15 is 0 Å². The molecule has 0 aliphatic carbocycles. The van der Waals surface area contributed by atoms with Crippen LogP contribution in [0.25, 0.3) is 0 Å². The summed E-state index contributed by atoms with van der Waals surface area (Å²) in [6.45, 7) is 4.16. The molecule has 0 spiro atoms. The van der Waals surface area contributed by atoms with E-state index in [2.05, 4.69) is 5.32 Å². The van der Waals surface area contributed by atoms with Crippen LogP contribution >= 0.6 is 0 Å². The third kappa shape index (κ3) is 5.68. The average molecular weight is 468 g/mol. The van der Waals surface area contributed by atoms with Gasteiger partial charge in [-0.25, -0.2) is 4.39 Å². The lowest BCUT2D eigenvalue weighted by molar-refractivity contribution is -0.140. The normalized spacial score (nSPS) is 13.6. The second-order valence-corrected chi connectivity index (χ2v) is 8.34. The number of imide groups is 1. The van der Waals surface area contributed by atoms with Gasteiger partial charge in [0.15, 0.2) is 0 Å². The Hall–Kier alpha value is -3.55. The van der Waals surface area contributed by atoms with Gasteiger partial charge in [0.2, 0.25) is 11.8 Å². The SMILES string of the molecule is CCCCNC(=O)[C@H](C)N(Cc1ccccc1F)C(=O)CCCN1C(=O)c2ccccc2C1=O. The zero-order valence-corrected chi connectivity index (χ0v) is 19.6. The third-order valence-electron chi connectivity index (χ3n) is 5.95. The molecule has 0 saturated heterocycles. The highest BCUT2D eigenvalue weighted by Crippen LogP contribution is 2.23. The second kappa shape index (κ2) is 11.5. The lowest BCUT2D eigenvalue weighted by atomic mass is 10.1. The topological polar surface area (TPSA) is 86.8 Å². The van der Waals surface area contributed by atoms with Gasteiger partial charge < -0.3 is 10.2 Å². The molecule has 2 aromatic carbocycles. The number of carbonyl (C=O) groups is 4. The molecule has 1 atom stereocenters. The van der Waals surface area contributed by atoms with Gasteiger partial charge in [-0.2, -0.15) is 0 Å². The van der Waals surface area contributed by atoms with Gasteiger partial charge in [-0.1, -0.05) is 43.7 Å². The maximum atomic E-state index is 14.3. The van der Waals surface area contributed by atoms with Crippen molar-refractivity contribution in [1.82, 2.24) is 15.1 Å². The van der Waals surface area contributed by atoms with Gasteiger partial charge in [-0.3, -0.25) is 24.1 Å². The van der Waals surface area contributed by atoms with E-state index < -0.39 is 11.9 Å². The number of carbonyl (C=O) groups excluding carboxylic acids is 4. The van der Waals surface area contributed by atoms with Gasteiger partial charge >= 0.3 is 0 Å². The van der Waals surface area contributed by atoms with E-state index in [-0.39, 0.29) is 49.6 Å². The van der Waals surface area contributed by atoms with Crippen LogP contribution in [0.5, 0.6) is 0 Å². The smallest absolute Gasteiger partial charge is 0.261 e. The molecule has 0 bridgehead atoms. The van der Waals surface area contributed by atoms with Crippen molar-refractivity contribution in [2.45, 2.75) is 52.1 Å². The number of halogens is 1. The van der Waals surface area contributed by atoms with Crippen LogP contribution in [0.15, 0.2) is 48.5 Å². The Morgan fingerprint density at radius 3 is 2.24 bits per heavy atom. The summed E-state index contributed by atoms with van der Waals surface area (Å²) in [4.78, 5) is 53.3. The first-order valence-electron chi connectivity index (χ1n) is 11.6. The maximum Gasteiger partial charge on any atom is 0.261 e. The van der Waals surface area contributed by atoms with Crippen molar-refractivity contribution < 1.29 is 23.6 Å². The van der Waals surface area contributed by atoms with Crippen LogP contribution in [0.2, 0.25) is 0 Å². The van der Waals surface area contributed by atoms with Gasteiger partial charge in [0, 0.05) is 31.6 Å². The zero-order chi connectivity index (χ0) is 24.7. The minimum Gasteiger partial charge on any atom is -0.354 e. The number of hydrogen-bond donors (Lipinski definition) is 1. The van der Waals surface area contributed by atoms with Crippen LogP contribution < -0.4 is 5.32 Å². The van der Waals surface area contributed by atoms with E-state index in [1.54, 1.807) is 49.4 Å². The fraction of sp³-hybridized carbons (Fsp3) is 0.385. The summed E-state index contributed by atoms with van der Waals surface area (Å²) in [7, 11) is 0. The van der Waals surface area contributed by atoms with Gasteiger partial charge in [-0.05, 0) is 38.0 Å². The number of nitrogens with zero attached hydrogens (tertiary/aromatic N) is 2. The molecule has 0 unspecified atom stereocenters. The molecule has 1 heterocycles. The first-order valence-corrected chi connectivity index (χ1v) is 11.6. The number of unbranched alkanes of at least 4 members (excludes halogenated alkanes) is 1. The van der Waals surface area contributed by atoms with Crippen LogP contribution in [0.3, 0.4) is 0 Å². The summed E-state index contributed by atoms with van der Waals surface area (Å²) in [6, 6.07) is 11.9. The Bertz CT molecular complexity index is 1040. The third-order valence-corrected chi connectivity index (χ3v) is 5.95. The molecule has 8 heteroatoms. The van der Waals surface area contributed by atoms with Crippen molar-refractivity contribution in [2.24, 2.45) is 0 Å². The molecule has 2 aromatic rings. The van der Waals surface area contributed by atoms with E-state index in [4.69, 9.17) is 0 Å². The standard InChI is InChI=1S/C26H30FN3O4/c1-3-4-15-28-24(32)18(2)30(17-19-10-5-8-13-22(19)27)23(31)14-9-16-29-25(33)20-11-6-7-12-21(20)26(29)34/h5-8,10-13,18H,3-4,9,14-17H2,1-2H3,(H,28,32)/t18-/m0/s1. The first-order chi connectivity index (χ1) is 16.3. The molecular formula is C26H30FN3O4. The summed E-state index contributed by atoms with van der Waals surface area (Å²) in [5, 5.41) is 2.82. The molecule has 1 N–H and O–H groups in total. The molecule has 7 nitrogen and oxygen atoms in total. The van der Waals surface area contributed by atoms with Gasteiger partial charge in [0.05, 0.1) is 11.1 Å². The van der Waals surface area contributed by atoms with Gasteiger partial charge in [0.1, 0.15) is 11.9 Å². The zero-order valence-electron chi connectivity index (χ0n) is 19.6. The number of hydrogen-bond acceptors (Lipinski definition) is 4. The summed E-state index contributed by atoms with van der Waals surface area (Å²) >= 11 is 0. The predicted molar refractivity (Wildman–Crippen MR) is 125 cm³/mol. The lowest BCUT2D eigenvalue weighted by Gasteiger charge is -2.29. The number of fused-ring (bicyclic) bond motifs is 1. The summed E-state index contributed by atoms with van der Waals surface area (Å²) in [5.41, 5.74) is 1.03. The molecule has 0 aromatic heterocycles. The fourth-order valence-electron chi connectivity index (χ4n) is 3.90. The van der Waals surface area contributed by atoms with Crippen molar-refractivity contribution >= 4 is 23.6 Å². The minimum atomic E-state index is -0.803. The average Bonchev–Trinajstić information content (AvgIpc) is 3.08. The van der Waals surface area contributed by atoms with Crippen molar-refractivity contribution in [1.29, 1.82) is 0 Å². The Labute approximate surface area is 198 Å². The predicted octanol–water partition coefficient (Wildman–Crippen LogP) is 3.54. The van der Waals surface area contributed by atoms with Crippen LogP contribution in [0, 0.1) is 5.82 Å². The maximum absolute atomic E-state index is 14.3. The lowest BCUT2D eigenvalue weighted by Crippen LogP contribution is -2.48. The summed E-state index contributed by atoms with van der Waals surface area (Å²) in [6.07, 6.45) is 1.99. The number of nitrogens with one attached hydrogen (secondary N) is 1. The monoisotopic (exact) mass is 467 g/mol. The van der Waals surface area contributed by atoms with Crippen LogP contribution in [-0.4, -0.2) is 52.6 Å². The van der Waals surface area contributed by atoms with E-state index in [0.717, 1.165) is 17.7 Å². The van der Waals surface area contributed by atoms with Crippen molar-refractivity contribution in [3.8, 4) is 0 Å². The number of amides is 4. The molecule has 4 amide bonds. The number of rotatable bonds is 11. The van der Waals surface area contributed by atoms with E-state index in [9.17, 15) is 23.6 Å². The number of benzene rings is 2. The molecule has 0 fully saturated rings. The van der Waals surface area contributed by atoms with Gasteiger partial charge in [-0.15, -0.1) is 0 Å². The van der Waals surface area contributed by atoms with E-state index in [1.807, 2.05) is 6.92 Å². The quantitative estimate of drug-likeness (QED) is 0.405.